The summed E-state index contributed by atoms with van der Waals surface area (Å²) in [6.45, 7) is 7.72. The summed E-state index contributed by atoms with van der Waals surface area (Å²) < 4.78 is 16.7. The average Bonchev–Trinajstić information content (AvgIpc) is 3.11. The molecule has 1 N–H and O–H groups in total. The number of aliphatic hydroxyl groups is 1. The number of nitrogens with zero attached hydrogens (tertiary/aromatic N) is 1. The Balaban J connectivity index is 2.01. The van der Waals surface area contributed by atoms with Gasteiger partial charge in [-0.05, 0) is 61.2 Å². The number of aryl methyl sites for hydroxylation is 1. The monoisotopic (exact) mass is 481 g/mol. The van der Waals surface area contributed by atoms with Crippen LogP contribution in [0.25, 0.3) is 5.76 Å². The number of carbonyl (C=O) groups excluding carboxylic acids is 2. The SMILES string of the molecule is CCCCOc1ccc(C2/C(=C(/O)c3ccc(OCCC)c(C)c3)C(=O)C(=O)N2CCOC)cc1. The molecule has 35 heavy (non-hydrogen) atoms. The Morgan fingerprint density at radius 3 is 2.34 bits per heavy atom. The van der Waals surface area contributed by atoms with Gasteiger partial charge in [0.2, 0.25) is 0 Å². The van der Waals surface area contributed by atoms with Gasteiger partial charge >= 0.3 is 0 Å². The van der Waals surface area contributed by atoms with Crippen molar-refractivity contribution in [2.24, 2.45) is 0 Å². The molecule has 1 saturated heterocycles. The van der Waals surface area contributed by atoms with Crippen LogP contribution in [0.5, 0.6) is 11.5 Å². The second kappa shape index (κ2) is 12.4. The first kappa shape index (κ1) is 26.3. The third-order valence-electron chi connectivity index (χ3n) is 5.95. The Morgan fingerprint density at radius 1 is 0.971 bits per heavy atom. The highest BCUT2D eigenvalue weighted by atomic mass is 16.5. The number of hydrogen-bond acceptors (Lipinski definition) is 6. The number of aliphatic hydroxyl groups excluding tert-OH is 1. The van der Waals surface area contributed by atoms with E-state index in [9.17, 15) is 14.7 Å². The van der Waals surface area contributed by atoms with Gasteiger partial charge < -0.3 is 24.2 Å². The first-order valence-electron chi connectivity index (χ1n) is 12.2. The maximum atomic E-state index is 13.1. The van der Waals surface area contributed by atoms with E-state index >= 15 is 0 Å². The molecule has 1 atom stereocenters. The van der Waals surface area contributed by atoms with E-state index < -0.39 is 17.7 Å². The molecule has 1 fully saturated rings. The lowest BCUT2D eigenvalue weighted by Gasteiger charge is -2.25. The molecule has 2 aromatic rings. The number of ketones is 1. The van der Waals surface area contributed by atoms with E-state index in [0.717, 1.165) is 30.6 Å². The molecule has 0 radical (unpaired) electrons. The van der Waals surface area contributed by atoms with Crippen LogP contribution in [0.3, 0.4) is 0 Å². The zero-order valence-electron chi connectivity index (χ0n) is 21.0. The van der Waals surface area contributed by atoms with E-state index in [1.807, 2.05) is 38.1 Å². The highest BCUT2D eigenvalue weighted by Gasteiger charge is 2.45. The highest BCUT2D eigenvalue weighted by Crippen LogP contribution is 2.40. The van der Waals surface area contributed by atoms with Gasteiger partial charge in [0.25, 0.3) is 11.7 Å². The zero-order chi connectivity index (χ0) is 25.4. The van der Waals surface area contributed by atoms with Gasteiger partial charge in [-0.1, -0.05) is 32.4 Å². The summed E-state index contributed by atoms with van der Waals surface area (Å²) in [7, 11) is 1.54. The van der Waals surface area contributed by atoms with Crippen LogP contribution in [0.15, 0.2) is 48.0 Å². The lowest BCUT2D eigenvalue weighted by molar-refractivity contribution is -0.140. The molecule has 1 heterocycles. The van der Waals surface area contributed by atoms with Crippen LogP contribution < -0.4 is 9.47 Å². The topological polar surface area (TPSA) is 85.3 Å². The third kappa shape index (κ3) is 6.03. The van der Waals surface area contributed by atoms with E-state index in [-0.39, 0.29) is 24.5 Å². The number of ether oxygens (including phenoxy) is 3. The number of rotatable bonds is 12. The van der Waals surface area contributed by atoms with Crippen LogP contribution in [0, 0.1) is 6.92 Å². The predicted molar refractivity (Wildman–Crippen MR) is 135 cm³/mol. The van der Waals surface area contributed by atoms with Crippen molar-refractivity contribution in [3.05, 3.63) is 64.7 Å². The number of hydrogen-bond donors (Lipinski definition) is 1. The third-order valence-corrected chi connectivity index (χ3v) is 5.95. The fourth-order valence-electron chi connectivity index (χ4n) is 4.05. The van der Waals surface area contributed by atoms with Crippen LogP contribution in [-0.4, -0.2) is 55.2 Å². The van der Waals surface area contributed by atoms with Crippen LogP contribution in [-0.2, 0) is 14.3 Å². The molecular formula is C28H35NO6. The lowest BCUT2D eigenvalue weighted by atomic mass is 9.94. The summed E-state index contributed by atoms with van der Waals surface area (Å²) in [6.07, 6.45) is 2.88. The van der Waals surface area contributed by atoms with Gasteiger partial charge in [0.15, 0.2) is 0 Å². The maximum absolute atomic E-state index is 13.1. The van der Waals surface area contributed by atoms with E-state index in [2.05, 4.69) is 6.92 Å². The maximum Gasteiger partial charge on any atom is 0.295 e. The summed E-state index contributed by atoms with van der Waals surface area (Å²) in [5.74, 6) is -0.137. The second-order valence-corrected chi connectivity index (χ2v) is 8.59. The molecule has 188 valence electrons. The van der Waals surface area contributed by atoms with Gasteiger partial charge in [0, 0.05) is 19.2 Å². The normalized spacial score (nSPS) is 17.1. The molecule has 7 heteroatoms. The fraction of sp³-hybridized carbons (Fsp3) is 0.429. The molecule has 3 rings (SSSR count). The fourth-order valence-corrected chi connectivity index (χ4v) is 4.05. The van der Waals surface area contributed by atoms with Crippen molar-refractivity contribution in [2.45, 2.75) is 46.1 Å². The Kier molecular flexibility index (Phi) is 9.32. The number of Topliss-reactive ketones (excluding diaryl/α,β-unsaturated/α-hetero) is 1. The second-order valence-electron chi connectivity index (χ2n) is 8.59. The molecule has 0 bridgehead atoms. The van der Waals surface area contributed by atoms with E-state index in [0.29, 0.717) is 30.1 Å². The molecule has 0 aromatic heterocycles. The Hall–Kier alpha value is -3.32. The number of likely N-dealkylation sites (tertiary alicyclic amines) is 1. The van der Waals surface area contributed by atoms with Crippen molar-refractivity contribution in [2.75, 3.05) is 33.5 Å². The Bertz CT molecular complexity index is 1060. The van der Waals surface area contributed by atoms with Gasteiger partial charge in [-0.3, -0.25) is 9.59 Å². The van der Waals surface area contributed by atoms with Crippen molar-refractivity contribution in [3.63, 3.8) is 0 Å². The number of unbranched alkanes of at least 4 members (excludes halogenated alkanes) is 1. The van der Waals surface area contributed by atoms with Crippen molar-refractivity contribution in [3.8, 4) is 11.5 Å². The van der Waals surface area contributed by atoms with Crippen LogP contribution in [0.4, 0.5) is 0 Å². The molecule has 7 nitrogen and oxygen atoms in total. The van der Waals surface area contributed by atoms with E-state index in [1.165, 1.54) is 4.90 Å². The van der Waals surface area contributed by atoms with Crippen molar-refractivity contribution in [1.29, 1.82) is 0 Å². The van der Waals surface area contributed by atoms with E-state index in [4.69, 9.17) is 14.2 Å². The quantitative estimate of drug-likeness (QED) is 0.198. The Morgan fingerprint density at radius 2 is 1.71 bits per heavy atom. The lowest BCUT2D eigenvalue weighted by Crippen LogP contribution is -2.32. The first-order valence-corrected chi connectivity index (χ1v) is 12.2. The zero-order valence-corrected chi connectivity index (χ0v) is 21.0. The molecule has 1 aliphatic rings. The molecule has 1 aliphatic heterocycles. The summed E-state index contributed by atoms with van der Waals surface area (Å²) >= 11 is 0. The number of amides is 1. The summed E-state index contributed by atoms with van der Waals surface area (Å²) in [4.78, 5) is 27.5. The van der Waals surface area contributed by atoms with Crippen LogP contribution in [0.2, 0.25) is 0 Å². The van der Waals surface area contributed by atoms with Crippen molar-refractivity contribution < 1.29 is 28.9 Å². The highest BCUT2D eigenvalue weighted by molar-refractivity contribution is 6.46. The predicted octanol–water partition coefficient (Wildman–Crippen LogP) is 5.03. The number of benzene rings is 2. The van der Waals surface area contributed by atoms with Gasteiger partial charge in [0.1, 0.15) is 17.3 Å². The standard InChI is InChI=1S/C28H35NO6/c1-5-7-16-34-22-11-8-20(9-12-22)25-24(27(31)28(32)29(25)14-17-33-4)26(30)21-10-13-23(19(3)18-21)35-15-6-2/h8-13,18,25,30H,5-7,14-17H2,1-4H3/b26-24-. The minimum atomic E-state index is -0.730. The molecule has 1 amide bonds. The molecule has 2 aromatic carbocycles. The molecule has 0 saturated carbocycles. The number of carbonyl (C=O) groups is 2. The van der Waals surface area contributed by atoms with Gasteiger partial charge in [-0.25, -0.2) is 0 Å². The first-order chi connectivity index (χ1) is 16.9. The number of methoxy groups -OCH3 is 1. The molecule has 1 unspecified atom stereocenters. The van der Waals surface area contributed by atoms with Crippen LogP contribution >= 0.6 is 0 Å². The summed E-state index contributed by atoms with van der Waals surface area (Å²) in [5.41, 5.74) is 2.07. The van der Waals surface area contributed by atoms with Crippen molar-refractivity contribution >= 4 is 17.4 Å². The molecule has 0 spiro atoms. The molecule has 0 aliphatic carbocycles. The summed E-state index contributed by atoms with van der Waals surface area (Å²) in [6, 6.07) is 11.8. The van der Waals surface area contributed by atoms with Gasteiger partial charge in [-0.2, -0.15) is 0 Å². The van der Waals surface area contributed by atoms with Gasteiger partial charge in [0.05, 0.1) is 31.4 Å². The average molecular weight is 482 g/mol. The Labute approximate surface area is 207 Å². The van der Waals surface area contributed by atoms with Crippen LogP contribution in [0.1, 0.15) is 55.8 Å². The molecular weight excluding hydrogens is 446 g/mol. The van der Waals surface area contributed by atoms with Crippen molar-refractivity contribution in [1.82, 2.24) is 4.90 Å². The van der Waals surface area contributed by atoms with E-state index in [1.54, 1.807) is 25.3 Å². The minimum absolute atomic E-state index is 0.0624. The smallest absolute Gasteiger partial charge is 0.295 e. The largest absolute Gasteiger partial charge is 0.507 e. The summed E-state index contributed by atoms with van der Waals surface area (Å²) in [5, 5.41) is 11.3. The van der Waals surface area contributed by atoms with Gasteiger partial charge in [-0.15, -0.1) is 0 Å². The minimum Gasteiger partial charge on any atom is -0.507 e.